The summed E-state index contributed by atoms with van der Waals surface area (Å²) in [5.41, 5.74) is 1.93. The highest BCUT2D eigenvalue weighted by Crippen LogP contribution is 2.38. The number of nitrogens with zero attached hydrogens (tertiary/aromatic N) is 3. The number of hydrogen-bond acceptors (Lipinski definition) is 4. The van der Waals surface area contributed by atoms with E-state index in [-0.39, 0.29) is 0 Å². The van der Waals surface area contributed by atoms with Gasteiger partial charge in [0.1, 0.15) is 5.82 Å². The van der Waals surface area contributed by atoms with E-state index in [1.54, 1.807) is 11.3 Å². The summed E-state index contributed by atoms with van der Waals surface area (Å²) >= 11 is 4.92. The molecule has 76 valence electrons. The van der Waals surface area contributed by atoms with Crippen LogP contribution < -0.4 is 0 Å². The lowest BCUT2D eigenvalue weighted by atomic mass is 10.2. The van der Waals surface area contributed by atoms with Gasteiger partial charge in [-0.1, -0.05) is 0 Å². The van der Waals surface area contributed by atoms with Crippen molar-refractivity contribution in [1.82, 2.24) is 15.0 Å². The van der Waals surface area contributed by atoms with E-state index >= 15 is 0 Å². The van der Waals surface area contributed by atoms with E-state index in [9.17, 15) is 0 Å². The van der Waals surface area contributed by atoms with Crippen LogP contribution in [0, 0.1) is 0 Å². The SMILES string of the molecule is Brc1nc(-c2cnc(C3CC3)nc2)cs1. The lowest BCUT2D eigenvalue weighted by Crippen LogP contribution is -1.91. The van der Waals surface area contributed by atoms with Gasteiger partial charge >= 0.3 is 0 Å². The Balaban J connectivity index is 1.92. The second-order valence-corrected chi connectivity index (χ2v) is 5.72. The van der Waals surface area contributed by atoms with Gasteiger partial charge in [-0.3, -0.25) is 0 Å². The Bertz CT molecular complexity index is 476. The van der Waals surface area contributed by atoms with Crippen molar-refractivity contribution in [2.75, 3.05) is 0 Å². The largest absolute Gasteiger partial charge is 0.240 e. The van der Waals surface area contributed by atoms with Gasteiger partial charge in [0.05, 0.1) is 5.69 Å². The van der Waals surface area contributed by atoms with Gasteiger partial charge in [-0.25, -0.2) is 15.0 Å². The van der Waals surface area contributed by atoms with Gasteiger partial charge in [-0.15, -0.1) is 11.3 Å². The van der Waals surface area contributed by atoms with Crippen LogP contribution >= 0.6 is 27.3 Å². The monoisotopic (exact) mass is 281 g/mol. The molecule has 0 saturated heterocycles. The fourth-order valence-electron chi connectivity index (χ4n) is 1.41. The molecule has 0 amide bonds. The van der Waals surface area contributed by atoms with Gasteiger partial charge in [0.15, 0.2) is 3.92 Å². The highest BCUT2D eigenvalue weighted by molar-refractivity contribution is 9.11. The summed E-state index contributed by atoms with van der Waals surface area (Å²) in [7, 11) is 0. The van der Waals surface area contributed by atoms with Crippen LogP contribution in [0.3, 0.4) is 0 Å². The second-order valence-electron chi connectivity index (χ2n) is 3.59. The van der Waals surface area contributed by atoms with E-state index in [0.717, 1.165) is 21.0 Å². The molecule has 3 rings (SSSR count). The molecule has 3 nitrogen and oxygen atoms in total. The maximum absolute atomic E-state index is 4.36. The van der Waals surface area contributed by atoms with Crippen LogP contribution in [-0.4, -0.2) is 15.0 Å². The summed E-state index contributed by atoms with van der Waals surface area (Å²) in [6, 6.07) is 0. The molecule has 2 heterocycles. The predicted molar refractivity (Wildman–Crippen MR) is 62.8 cm³/mol. The predicted octanol–water partition coefficient (Wildman–Crippen LogP) is 3.24. The topological polar surface area (TPSA) is 38.7 Å². The first kappa shape index (κ1) is 9.42. The zero-order valence-electron chi connectivity index (χ0n) is 7.85. The van der Waals surface area contributed by atoms with Gasteiger partial charge in [-0.05, 0) is 28.8 Å². The molecular formula is C10H8BrN3S. The average molecular weight is 282 g/mol. The lowest BCUT2D eigenvalue weighted by molar-refractivity contribution is 0.927. The fraction of sp³-hybridized carbons (Fsp3) is 0.300. The van der Waals surface area contributed by atoms with Crippen molar-refractivity contribution in [2.24, 2.45) is 0 Å². The molecule has 0 bridgehead atoms. The van der Waals surface area contributed by atoms with Crippen LogP contribution in [0.15, 0.2) is 21.7 Å². The van der Waals surface area contributed by atoms with Crippen LogP contribution in [0.25, 0.3) is 11.3 Å². The standard InChI is InChI=1S/C10H8BrN3S/c11-10-14-8(5-15-10)7-3-12-9(13-4-7)6-1-2-6/h3-6H,1-2H2. The average Bonchev–Trinajstić information content (AvgIpc) is 3.02. The van der Waals surface area contributed by atoms with E-state index in [0.29, 0.717) is 5.92 Å². The van der Waals surface area contributed by atoms with Gasteiger partial charge in [0.25, 0.3) is 0 Å². The molecule has 0 aromatic carbocycles. The molecule has 1 fully saturated rings. The van der Waals surface area contributed by atoms with Crippen LogP contribution in [0.4, 0.5) is 0 Å². The van der Waals surface area contributed by atoms with Crippen molar-refractivity contribution in [2.45, 2.75) is 18.8 Å². The molecule has 1 saturated carbocycles. The van der Waals surface area contributed by atoms with Crippen molar-refractivity contribution in [1.29, 1.82) is 0 Å². The lowest BCUT2D eigenvalue weighted by Gasteiger charge is -1.97. The van der Waals surface area contributed by atoms with Crippen molar-refractivity contribution < 1.29 is 0 Å². The van der Waals surface area contributed by atoms with Gasteiger partial charge in [0, 0.05) is 29.3 Å². The molecular weight excluding hydrogens is 274 g/mol. The zero-order valence-corrected chi connectivity index (χ0v) is 10.3. The number of thiazole rings is 1. The Morgan fingerprint density at radius 1 is 1.27 bits per heavy atom. The Labute approximate surface area is 99.7 Å². The maximum Gasteiger partial charge on any atom is 0.159 e. The fourth-order valence-corrected chi connectivity index (χ4v) is 2.43. The maximum atomic E-state index is 4.36. The smallest absolute Gasteiger partial charge is 0.159 e. The number of hydrogen-bond donors (Lipinski definition) is 0. The van der Waals surface area contributed by atoms with Crippen LogP contribution in [0.1, 0.15) is 24.6 Å². The zero-order chi connectivity index (χ0) is 10.3. The van der Waals surface area contributed by atoms with Crippen molar-refractivity contribution in [3.05, 3.63) is 27.5 Å². The van der Waals surface area contributed by atoms with Crippen LogP contribution in [0.5, 0.6) is 0 Å². The minimum atomic E-state index is 0.612. The molecule has 0 unspecified atom stereocenters. The Morgan fingerprint density at radius 3 is 2.53 bits per heavy atom. The molecule has 0 aliphatic heterocycles. The molecule has 0 atom stereocenters. The summed E-state index contributed by atoms with van der Waals surface area (Å²) in [5.74, 6) is 1.59. The second kappa shape index (κ2) is 3.64. The van der Waals surface area contributed by atoms with Crippen LogP contribution in [-0.2, 0) is 0 Å². The molecule has 1 aliphatic rings. The summed E-state index contributed by atoms with van der Waals surface area (Å²) in [5, 5.41) is 2.00. The molecule has 0 spiro atoms. The number of halogens is 1. The first-order valence-electron chi connectivity index (χ1n) is 4.76. The van der Waals surface area contributed by atoms with Gasteiger partial charge in [0.2, 0.25) is 0 Å². The third-order valence-electron chi connectivity index (χ3n) is 2.39. The highest BCUT2D eigenvalue weighted by atomic mass is 79.9. The van der Waals surface area contributed by atoms with Gasteiger partial charge in [-0.2, -0.15) is 0 Å². The third kappa shape index (κ3) is 1.94. The summed E-state index contributed by atoms with van der Waals surface area (Å²) in [4.78, 5) is 13.1. The minimum Gasteiger partial charge on any atom is -0.240 e. The number of aromatic nitrogens is 3. The quantitative estimate of drug-likeness (QED) is 0.848. The Kier molecular flexibility index (Phi) is 2.29. The number of rotatable bonds is 2. The van der Waals surface area contributed by atoms with E-state index in [1.807, 2.05) is 17.8 Å². The van der Waals surface area contributed by atoms with Crippen LogP contribution in [0.2, 0.25) is 0 Å². The van der Waals surface area contributed by atoms with E-state index < -0.39 is 0 Å². The summed E-state index contributed by atoms with van der Waals surface area (Å²) < 4.78 is 0.892. The van der Waals surface area contributed by atoms with Crippen molar-refractivity contribution in [3.8, 4) is 11.3 Å². The van der Waals surface area contributed by atoms with Crippen molar-refractivity contribution >= 4 is 27.3 Å². The molecule has 0 radical (unpaired) electrons. The first-order valence-corrected chi connectivity index (χ1v) is 6.43. The molecule has 1 aliphatic carbocycles. The third-order valence-corrected chi connectivity index (χ3v) is 3.75. The molecule has 2 aromatic rings. The molecule has 15 heavy (non-hydrogen) atoms. The molecule has 2 aromatic heterocycles. The highest BCUT2D eigenvalue weighted by Gasteiger charge is 2.26. The molecule has 0 N–H and O–H groups in total. The first-order chi connectivity index (χ1) is 7.33. The Hall–Kier alpha value is -0.810. The van der Waals surface area contributed by atoms with E-state index in [2.05, 4.69) is 30.9 Å². The van der Waals surface area contributed by atoms with Gasteiger partial charge < -0.3 is 0 Å². The minimum absolute atomic E-state index is 0.612. The Morgan fingerprint density at radius 2 is 2.00 bits per heavy atom. The van der Waals surface area contributed by atoms with E-state index in [4.69, 9.17) is 0 Å². The van der Waals surface area contributed by atoms with E-state index in [1.165, 1.54) is 12.8 Å². The normalized spacial score (nSPS) is 15.5. The van der Waals surface area contributed by atoms with Crippen molar-refractivity contribution in [3.63, 3.8) is 0 Å². The molecule has 5 heteroatoms. The summed E-state index contributed by atoms with van der Waals surface area (Å²) in [6.45, 7) is 0. The summed E-state index contributed by atoms with van der Waals surface area (Å²) in [6.07, 6.45) is 6.20.